The molecule has 0 rings (SSSR count). The number of rotatable bonds is 2. The fourth-order valence-corrected chi connectivity index (χ4v) is 0.480. The molecule has 0 aliphatic rings. The molecule has 0 heterocycles. The minimum atomic E-state index is 0. The fourth-order valence-electron chi connectivity index (χ4n) is 0.480. The van der Waals surface area contributed by atoms with Crippen molar-refractivity contribution in [2.75, 3.05) is 0 Å². The number of allylic oxidation sites excluding steroid dienone is 1. The maximum absolute atomic E-state index is 3.80. The Kier molecular flexibility index (Phi) is 8.30. The summed E-state index contributed by atoms with van der Waals surface area (Å²) in [5.74, 6) is 0. The quantitative estimate of drug-likeness (QED) is 0.512. The second kappa shape index (κ2) is 5.96. The van der Waals surface area contributed by atoms with Crippen molar-refractivity contribution in [3.63, 3.8) is 0 Å². The van der Waals surface area contributed by atoms with Gasteiger partial charge < -0.3 is 0 Å². The van der Waals surface area contributed by atoms with Crippen LogP contribution in [-0.2, 0) is 0 Å². The van der Waals surface area contributed by atoms with E-state index in [4.69, 9.17) is 0 Å². The minimum absolute atomic E-state index is 0. The monoisotopic (exact) mass is 164 g/mol. The second-order valence-corrected chi connectivity index (χ2v) is 3.82. The van der Waals surface area contributed by atoms with Crippen LogP contribution in [0.2, 0.25) is 0 Å². The first kappa shape index (κ1) is 13.9. The molecule has 10 heavy (non-hydrogen) atoms. The van der Waals surface area contributed by atoms with Crippen molar-refractivity contribution in [3.05, 3.63) is 18.6 Å². The van der Waals surface area contributed by atoms with E-state index in [1.807, 2.05) is 6.92 Å². The standard InChI is InChI=1S/C9H17.K/c1-8(2)6-7-9(3,4)5;/h6H,1,7H2,2-5H3;/q;+1. The van der Waals surface area contributed by atoms with E-state index in [9.17, 15) is 0 Å². The van der Waals surface area contributed by atoms with E-state index in [0.717, 1.165) is 6.42 Å². The smallest absolute Gasteiger partial charge is 0.0998 e. The minimum Gasteiger partial charge on any atom is -0.0998 e. The fraction of sp³-hybridized carbons (Fsp3) is 0.667. The Hall–Kier alpha value is 1.38. The summed E-state index contributed by atoms with van der Waals surface area (Å²) in [6, 6.07) is 0. The van der Waals surface area contributed by atoms with Crippen molar-refractivity contribution in [1.29, 1.82) is 0 Å². The van der Waals surface area contributed by atoms with Gasteiger partial charge in [-0.15, -0.1) is 0 Å². The van der Waals surface area contributed by atoms with Crippen LogP contribution < -0.4 is 51.4 Å². The summed E-state index contributed by atoms with van der Waals surface area (Å²) < 4.78 is 0. The molecular formula is C9H17K+. The molecule has 0 fully saturated rings. The van der Waals surface area contributed by atoms with Crippen LogP contribution >= 0.6 is 0 Å². The van der Waals surface area contributed by atoms with E-state index in [0.29, 0.717) is 5.41 Å². The Morgan fingerprint density at radius 3 is 1.90 bits per heavy atom. The average Bonchev–Trinajstić information content (AvgIpc) is 1.59. The van der Waals surface area contributed by atoms with Crippen molar-refractivity contribution in [3.8, 4) is 0 Å². The predicted molar refractivity (Wildman–Crippen MR) is 43.2 cm³/mol. The van der Waals surface area contributed by atoms with Gasteiger partial charge in [0, 0.05) is 0 Å². The summed E-state index contributed by atoms with van der Waals surface area (Å²) in [5, 5.41) is 0. The van der Waals surface area contributed by atoms with Gasteiger partial charge in [0.25, 0.3) is 0 Å². The molecule has 0 spiro atoms. The van der Waals surface area contributed by atoms with Gasteiger partial charge in [0.2, 0.25) is 0 Å². The summed E-state index contributed by atoms with van der Waals surface area (Å²) >= 11 is 0. The molecule has 1 heteroatoms. The second-order valence-electron chi connectivity index (χ2n) is 3.82. The van der Waals surface area contributed by atoms with Crippen LogP contribution in [0.25, 0.3) is 0 Å². The Balaban J connectivity index is 0. The van der Waals surface area contributed by atoms with Gasteiger partial charge in [0.05, 0.1) is 0 Å². The summed E-state index contributed by atoms with van der Waals surface area (Å²) in [6.45, 7) is 12.5. The third kappa shape index (κ3) is 12.1. The van der Waals surface area contributed by atoms with Gasteiger partial charge in [-0.1, -0.05) is 32.9 Å². The van der Waals surface area contributed by atoms with E-state index in [2.05, 4.69) is 33.8 Å². The van der Waals surface area contributed by atoms with E-state index < -0.39 is 0 Å². The van der Waals surface area contributed by atoms with E-state index in [-0.39, 0.29) is 51.4 Å². The van der Waals surface area contributed by atoms with Crippen LogP contribution in [0, 0.1) is 11.8 Å². The summed E-state index contributed by atoms with van der Waals surface area (Å²) in [7, 11) is 0. The topological polar surface area (TPSA) is 0 Å². The molecule has 0 amide bonds. The largest absolute Gasteiger partial charge is 1.00 e. The van der Waals surface area contributed by atoms with Gasteiger partial charge in [-0.3, -0.25) is 0 Å². The van der Waals surface area contributed by atoms with Crippen LogP contribution in [0.1, 0.15) is 34.1 Å². The molecule has 0 saturated carbocycles. The molecule has 0 aromatic heterocycles. The Labute approximate surface area is 108 Å². The van der Waals surface area contributed by atoms with Crippen molar-refractivity contribution < 1.29 is 51.4 Å². The van der Waals surface area contributed by atoms with Crippen LogP contribution in [0.4, 0.5) is 0 Å². The van der Waals surface area contributed by atoms with E-state index in [1.54, 1.807) is 0 Å². The molecule has 0 N–H and O–H groups in total. The Morgan fingerprint density at radius 2 is 1.80 bits per heavy atom. The van der Waals surface area contributed by atoms with Gasteiger partial charge in [-0.2, -0.15) is 0 Å². The zero-order chi connectivity index (χ0) is 7.49. The molecule has 0 aromatic carbocycles. The number of hydrogen-bond acceptors (Lipinski definition) is 0. The molecule has 0 nitrogen and oxygen atoms in total. The van der Waals surface area contributed by atoms with Gasteiger partial charge in [0.15, 0.2) is 0 Å². The SMILES string of the molecule is C=C(C)[CH]CC(C)(C)C.[K+]. The van der Waals surface area contributed by atoms with Crippen molar-refractivity contribution >= 4 is 0 Å². The Morgan fingerprint density at radius 1 is 1.40 bits per heavy atom. The van der Waals surface area contributed by atoms with Crippen LogP contribution in [0.3, 0.4) is 0 Å². The first-order valence-corrected chi connectivity index (χ1v) is 3.40. The van der Waals surface area contributed by atoms with Gasteiger partial charge >= 0.3 is 51.4 Å². The molecule has 0 saturated heterocycles. The van der Waals surface area contributed by atoms with Crippen LogP contribution in [0.5, 0.6) is 0 Å². The molecule has 0 aromatic rings. The zero-order valence-corrected chi connectivity index (χ0v) is 11.1. The molecule has 1 radical (unpaired) electrons. The van der Waals surface area contributed by atoms with Gasteiger partial charge in [-0.25, -0.2) is 0 Å². The maximum Gasteiger partial charge on any atom is 1.00 e. The van der Waals surface area contributed by atoms with Crippen molar-refractivity contribution in [2.45, 2.75) is 34.1 Å². The molecule has 0 aliphatic heterocycles. The van der Waals surface area contributed by atoms with Gasteiger partial charge in [0.1, 0.15) is 0 Å². The third-order valence-corrected chi connectivity index (χ3v) is 1.06. The first-order valence-electron chi connectivity index (χ1n) is 3.40. The molecule has 0 unspecified atom stereocenters. The predicted octanol–water partition coefficient (Wildman–Crippen LogP) is 0.207. The third-order valence-electron chi connectivity index (χ3n) is 1.06. The number of hydrogen-bond donors (Lipinski definition) is 0. The molecule has 53 valence electrons. The molecule has 0 atom stereocenters. The summed E-state index contributed by atoms with van der Waals surface area (Å²) in [4.78, 5) is 0. The van der Waals surface area contributed by atoms with Crippen molar-refractivity contribution in [2.24, 2.45) is 5.41 Å². The average molecular weight is 164 g/mol. The molecule has 0 aliphatic carbocycles. The normalized spacial score (nSPS) is 10.4. The summed E-state index contributed by atoms with van der Waals surface area (Å²) in [5.41, 5.74) is 1.59. The van der Waals surface area contributed by atoms with Crippen molar-refractivity contribution in [1.82, 2.24) is 0 Å². The van der Waals surface area contributed by atoms with E-state index in [1.165, 1.54) is 5.57 Å². The maximum atomic E-state index is 3.80. The first-order chi connectivity index (χ1) is 3.92. The van der Waals surface area contributed by atoms with Crippen LogP contribution in [0.15, 0.2) is 12.2 Å². The van der Waals surface area contributed by atoms with Crippen LogP contribution in [-0.4, -0.2) is 0 Å². The Bertz CT molecular complexity index is 97.8. The van der Waals surface area contributed by atoms with Gasteiger partial charge in [-0.05, 0) is 25.2 Å². The van der Waals surface area contributed by atoms with E-state index >= 15 is 0 Å². The molecule has 0 bridgehead atoms. The zero-order valence-electron chi connectivity index (χ0n) is 7.99. The molecular weight excluding hydrogens is 147 g/mol. The summed E-state index contributed by atoms with van der Waals surface area (Å²) in [6.07, 6.45) is 3.31.